The second kappa shape index (κ2) is 23.4. The summed E-state index contributed by atoms with van der Waals surface area (Å²) in [7, 11) is 6.47. The van der Waals surface area contributed by atoms with E-state index in [1.807, 2.05) is 59.7 Å². The van der Waals surface area contributed by atoms with E-state index in [1.165, 1.54) is 7.11 Å². The number of nitriles is 1. The lowest BCUT2D eigenvalue weighted by Crippen LogP contribution is -2.60. The van der Waals surface area contributed by atoms with Crippen molar-refractivity contribution in [3.8, 4) is 6.07 Å². The van der Waals surface area contributed by atoms with E-state index >= 15 is 0 Å². The third-order valence-corrected chi connectivity index (χ3v) is 11.4. The van der Waals surface area contributed by atoms with Crippen LogP contribution in [0.25, 0.3) is 0 Å². The Bertz CT molecular complexity index is 1460. The van der Waals surface area contributed by atoms with Crippen LogP contribution in [0, 0.1) is 35.0 Å². The fraction of sp³-hybridized carbons (Fsp3) is 0.738. The molecule has 1 heterocycles. The highest BCUT2D eigenvalue weighted by Gasteiger charge is 2.43. The number of halogens is 1. The van der Waals surface area contributed by atoms with Gasteiger partial charge < -0.3 is 35.6 Å². The summed E-state index contributed by atoms with van der Waals surface area (Å²) < 4.78 is 25.2. The maximum atomic E-state index is 14.3. The zero-order valence-electron chi connectivity index (χ0n) is 35.7. The molecule has 0 unspecified atom stereocenters. The summed E-state index contributed by atoms with van der Waals surface area (Å²) in [6.45, 7) is 13.3. The predicted molar refractivity (Wildman–Crippen MR) is 217 cm³/mol. The lowest BCUT2D eigenvalue weighted by molar-refractivity contribution is -0.148. The lowest BCUT2D eigenvalue weighted by atomic mass is 9.89. The number of carbonyl (C=O) groups excluding carboxylic acids is 4. The number of nitrogens with zero attached hydrogens (tertiary/aromatic N) is 4. The molecule has 1 fully saturated rings. The molecule has 1 aliphatic heterocycles. The van der Waals surface area contributed by atoms with Gasteiger partial charge in [0, 0.05) is 46.1 Å². The maximum Gasteiger partial charge on any atom is 0.245 e. The van der Waals surface area contributed by atoms with Crippen molar-refractivity contribution in [2.75, 3.05) is 53.8 Å². The number of nitrogens with two attached hydrogens (primary N) is 1. The minimum atomic E-state index is -0.857. The molecule has 0 saturated carbocycles. The maximum absolute atomic E-state index is 14.3. The number of amides is 4. The summed E-state index contributed by atoms with van der Waals surface area (Å²) in [6.07, 6.45) is 1.34. The fourth-order valence-electron chi connectivity index (χ4n) is 8.18. The highest BCUT2D eigenvalue weighted by molar-refractivity contribution is 5.90. The van der Waals surface area contributed by atoms with E-state index in [0.717, 1.165) is 12.0 Å². The third kappa shape index (κ3) is 13.1. The standard InChI is InChI=1S/C42H70FN7O6/c1-12-28(6)38(49(9)42(54)36(26(2)3)47-41(53)37(27(4)5)48(8)22-19-43)34(55-10)25-35(51)50-21-14-17-33(50)39(56-11)29(7)40(52)46-32(18-20-44)24-30-15-13-16-31(45)23-30/h13,15-16,23,26-29,32-34,36-39H,12,14,17-19,21-22,24-25,45H2,1-11H3,(H,46,52)(H,47,53)/t28-,29+,32+,33-,34+,36-,37-,38-,39+/m0/s1. The van der Waals surface area contributed by atoms with Crippen molar-refractivity contribution >= 4 is 29.3 Å². The van der Waals surface area contributed by atoms with E-state index in [2.05, 4.69) is 16.7 Å². The first-order chi connectivity index (χ1) is 26.5. The third-order valence-electron chi connectivity index (χ3n) is 11.4. The van der Waals surface area contributed by atoms with Crippen molar-refractivity contribution in [1.82, 2.24) is 25.3 Å². The molecular weight excluding hydrogens is 718 g/mol. The molecular formula is C42H70FN7O6. The summed E-state index contributed by atoms with van der Waals surface area (Å²) in [6, 6.07) is 6.73. The van der Waals surface area contributed by atoms with Crippen LogP contribution >= 0.6 is 0 Å². The molecule has 2 rings (SSSR count). The highest BCUT2D eigenvalue weighted by Crippen LogP contribution is 2.30. The van der Waals surface area contributed by atoms with E-state index in [-0.39, 0.29) is 66.8 Å². The highest BCUT2D eigenvalue weighted by atomic mass is 19.1. The summed E-state index contributed by atoms with van der Waals surface area (Å²) >= 11 is 0. The van der Waals surface area contributed by atoms with Gasteiger partial charge in [0.2, 0.25) is 23.6 Å². The molecule has 0 radical (unpaired) electrons. The normalized spacial score (nSPS) is 18.8. The Morgan fingerprint density at radius 2 is 1.71 bits per heavy atom. The van der Waals surface area contributed by atoms with Gasteiger partial charge in [-0.3, -0.25) is 24.1 Å². The molecule has 1 aromatic carbocycles. The number of anilines is 1. The Balaban J connectivity index is 2.28. The summed E-state index contributed by atoms with van der Waals surface area (Å²) in [5.74, 6) is -2.15. The molecule has 56 heavy (non-hydrogen) atoms. The van der Waals surface area contributed by atoms with Gasteiger partial charge in [-0.2, -0.15) is 5.26 Å². The van der Waals surface area contributed by atoms with Crippen LogP contribution < -0.4 is 16.4 Å². The minimum Gasteiger partial charge on any atom is -0.399 e. The number of hydrogen-bond acceptors (Lipinski definition) is 9. The second-order valence-electron chi connectivity index (χ2n) is 16.2. The predicted octanol–water partition coefficient (Wildman–Crippen LogP) is 4.20. The van der Waals surface area contributed by atoms with Gasteiger partial charge in [0.1, 0.15) is 12.7 Å². The monoisotopic (exact) mass is 788 g/mol. The molecule has 4 amide bonds. The van der Waals surface area contributed by atoms with Gasteiger partial charge in [0.05, 0.1) is 55.2 Å². The quantitative estimate of drug-likeness (QED) is 0.138. The summed E-state index contributed by atoms with van der Waals surface area (Å²) in [5, 5.41) is 15.5. The Morgan fingerprint density at radius 3 is 2.25 bits per heavy atom. The van der Waals surface area contributed by atoms with Crippen LogP contribution in [-0.4, -0.2) is 129 Å². The Hall–Kier alpha value is -3.80. The molecule has 4 N–H and O–H groups in total. The van der Waals surface area contributed by atoms with Crippen LogP contribution in [0.1, 0.15) is 86.1 Å². The number of hydrogen-bond donors (Lipinski definition) is 3. The number of alkyl halides is 1. The number of nitrogens with one attached hydrogen (secondary N) is 2. The molecule has 0 bridgehead atoms. The van der Waals surface area contributed by atoms with Crippen LogP contribution in [0.2, 0.25) is 0 Å². The smallest absolute Gasteiger partial charge is 0.245 e. The largest absolute Gasteiger partial charge is 0.399 e. The topological polar surface area (TPSA) is 170 Å². The molecule has 0 aromatic heterocycles. The molecule has 0 spiro atoms. The van der Waals surface area contributed by atoms with E-state index in [4.69, 9.17) is 15.2 Å². The minimum absolute atomic E-state index is 0.0107. The van der Waals surface area contributed by atoms with E-state index in [9.17, 15) is 28.8 Å². The average Bonchev–Trinajstić information content (AvgIpc) is 3.63. The van der Waals surface area contributed by atoms with Crippen molar-refractivity contribution in [1.29, 1.82) is 5.26 Å². The number of carbonyl (C=O) groups is 4. The van der Waals surface area contributed by atoms with E-state index in [1.54, 1.807) is 48.9 Å². The fourth-order valence-corrected chi connectivity index (χ4v) is 8.18. The molecule has 9 atom stereocenters. The first-order valence-electron chi connectivity index (χ1n) is 20.2. The number of rotatable bonds is 23. The zero-order chi connectivity index (χ0) is 42.3. The zero-order valence-corrected chi connectivity index (χ0v) is 35.7. The SMILES string of the molecule is CC[C@H](C)[C@@H]([C@@H](CC(=O)N1CCC[C@H]1[C@H](OC)[C@@H](C)C(=O)N[C@H](CC#N)Cc1cccc(N)c1)OC)N(C)C(=O)[C@@H](NC(=O)[C@H](C(C)C)N(C)CCF)C(C)C. The molecule has 1 saturated heterocycles. The molecule has 0 aliphatic carbocycles. The van der Waals surface area contributed by atoms with Crippen molar-refractivity contribution in [2.45, 2.75) is 129 Å². The number of likely N-dealkylation sites (N-methyl/N-ethyl adjacent to an activating group) is 2. The average molecular weight is 788 g/mol. The Morgan fingerprint density at radius 1 is 1.04 bits per heavy atom. The van der Waals surface area contributed by atoms with Crippen LogP contribution in [0.3, 0.4) is 0 Å². The van der Waals surface area contributed by atoms with Gasteiger partial charge in [-0.05, 0) is 61.8 Å². The van der Waals surface area contributed by atoms with Crippen LogP contribution in [0.5, 0.6) is 0 Å². The van der Waals surface area contributed by atoms with Crippen molar-refractivity contribution in [3.63, 3.8) is 0 Å². The summed E-state index contributed by atoms with van der Waals surface area (Å²) in [4.78, 5) is 60.8. The molecule has 1 aromatic rings. The first-order valence-corrected chi connectivity index (χ1v) is 20.2. The van der Waals surface area contributed by atoms with Gasteiger partial charge >= 0.3 is 0 Å². The molecule has 1 aliphatic rings. The van der Waals surface area contributed by atoms with E-state index < -0.39 is 49.0 Å². The molecule has 13 nitrogen and oxygen atoms in total. The number of benzene rings is 1. The van der Waals surface area contributed by atoms with Crippen molar-refractivity contribution < 1.29 is 33.0 Å². The lowest BCUT2D eigenvalue weighted by Gasteiger charge is -2.41. The number of ether oxygens (including phenoxy) is 2. The van der Waals surface area contributed by atoms with E-state index in [0.29, 0.717) is 31.5 Å². The summed E-state index contributed by atoms with van der Waals surface area (Å²) in [5.41, 5.74) is 7.46. The Labute approximate surface area is 335 Å². The number of methoxy groups -OCH3 is 2. The van der Waals surface area contributed by atoms with Gasteiger partial charge in [-0.1, -0.05) is 67.0 Å². The van der Waals surface area contributed by atoms with Crippen molar-refractivity contribution in [3.05, 3.63) is 29.8 Å². The van der Waals surface area contributed by atoms with Crippen molar-refractivity contribution in [2.24, 2.45) is 23.7 Å². The molecule has 316 valence electrons. The van der Waals surface area contributed by atoms with Gasteiger partial charge in [-0.25, -0.2) is 4.39 Å². The number of likely N-dealkylation sites (tertiary alicyclic amines) is 1. The number of nitrogen functional groups attached to an aromatic ring is 1. The first kappa shape index (κ1) is 48.3. The van der Waals surface area contributed by atoms with Gasteiger partial charge in [0.15, 0.2) is 0 Å². The molecule has 14 heteroatoms. The Kier molecular flexibility index (Phi) is 20.2. The van der Waals surface area contributed by atoms with Gasteiger partial charge in [-0.15, -0.1) is 0 Å². The second-order valence-corrected chi connectivity index (χ2v) is 16.2. The van der Waals surface area contributed by atoms with Crippen LogP contribution in [0.15, 0.2) is 24.3 Å². The van der Waals surface area contributed by atoms with Gasteiger partial charge in [0.25, 0.3) is 0 Å². The van der Waals surface area contributed by atoms with Crippen LogP contribution in [-0.2, 0) is 35.1 Å². The van der Waals surface area contributed by atoms with Crippen LogP contribution in [0.4, 0.5) is 10.1 Å².